The van der Waals surface area contributed by atoms with Gasteiger partial charge in [-0.3, -0.25) is 0 Å². The largest absolute Gasteiger partial charge is 0.477 e. The van der Waals surface area contributed by atoms with Crippen molar-refractivity contribution in [2.75, 3.05) is 6.54 Å². The van der Waals surface area contributed by atoms with E-state index in [4.69, 9.17) is 5.11 Å². The molecule has 0 amide bonds. The number of carboxylic acid groups (broad SMARTS) is 1. The highest BCUT2D eigenvalue weighted by Gasteiger charge is 2.23. The standard InChI is InChI=1S/C15H14N2O4S4/c1-9-17-11(8-23-9)12-3-2-10(24-12)4-6-16-25(20,21)13-5-7-22-14(13)15(18)19/h2-3,5,7-8,16H,4,6H2,1H3,(H,18,19). The van der Waals surface area contributed by atoms with Crippen LogP contribution in [0.4, 0.5) is 0 Å². The van der Waals surface area contributed by atoms with E-state index < -0.39 is 16.0 Å². The number of thiazole rings is 1. The number of carbonyl (C=O) groups is 1. The average molecular weight is 415 g/mol. The summed E-state index contributed by atoms with van der Waals surface area (Å²) < 4.78 is 27.0. The third-order valence-electron chi connectivity index (χ3n) is 3.31. The Bertz CT molecular complexity index is 1000. The fraction of sp³-hybridized carbons (Fsp3) is 0.200. The van der Waals surface area contributed by atoms with Crippen molar-refractivity contribution in [3.63, 3.8) is 0 Å². The van der Waals surface area contributed by atoms with E-state index in [0.717, 1.165) is 31.8 Å². The molecule has 0 aromatic carbocycles. The van der Waals surface area contributed by atoms with E-state index in [-0.39, 0.29) is 16.3 Å². The third-order valence-corrected chi connectivity index (χ3v) is 7.79. The molecule has 0 radical (unpaired) electrons. The third kappa shape index (κ3) is 4.15. The van der Waals surface area contributed by atoms with Crippen LogP contribution in [-0.2, 0) is 16.4 Å². The highest BCUT2D eigenvalue weighted by atomic mass is 32.2. The summed E-state index contributed by atoms with van der Waals surface area (Å²) in [4.78, 5) is 17.2. The van der Waals surface area contributed by atoms with Gasteiger partial charge in [-0.15, -0.1) is 34.0 Å². The molecule has 0 bridgehead atoms. The van der Waals surface area contributed by atoms with Crippen molar-refractivity contribution in [3.8, 4) is 10.6 Å². The number of aryl methyl sites for hydroxylation is 1. The molecule has 0 saturated heterocycles. The van der Waals surface area contributed by atoms with E-state index in [2.05, 4.69) is 9.71 Å². The minimum atomic E-state index is -3.83. The van der Waals surface area contributed by atoms with E-state index in [9.17, 15) is 13.2 Å². The molecule has 25 heavy (non-hydrogen) atoms. The zero-order valence-electron chi connectivity index (χ0n) is 13.1. The quantitative estimate of drug-likeness (QED) is 0.617. The number of rotatable bonds is 7. The van der Waals surface area contributed by atoms with Gasteiger partial charge in [-0.25, -0.2) is 22.9 Å². The summed E-state index contributed by atoms with van der Waals surface area (Å²) in [6, 6.07) is 5.24. The topological polar surface area (TPSA) is 96.4 Å². The number of hydrogen-bond acceptors (Lipinski definition) is 7. The normalized spacial score (nSPS) is 11.7. The van der Waals surface area contributed by atoms with Crippen molar-refractivity contribution in [1.82, 2.24) is 9.71 Å². The van der Waals surface area contributed by atoms with E-state index in [1.54, 1.807) is 22.7 Å². The molecule has 0 fully saturated rings. The van der Waals surface area contributed by atoms with Crippen LogP contribution < -0.4 is 4.72 Å². The van der Waals surface area contributed by atoms with E-state index in [1.165, 1.54) is 11.4 Å². The minimum absolute atomic E-state index is 0.176. The summed E-state index contributed by atoms with van der Waals surface area (Å²) in [5, 5.41) is 13.5. The van der Waals surface area contributed by atoms with Crippen molar-refractivity contribution in [3.05, 3.63) is 43.7 Å². The lowest BCUT2D eigenvalue weighted by Gasteiger charge is -2.05. The number of nitrogens with zero attached hydrogens (tertiary/aromatic N) is 1. The molecule has 3 aromatic heterocycles. The second kappa shape index (κ2) is 7.34. The van der Waals surface area contributed by atoms with E-state index >= 15 is 0 Å². The Morgan fingerprint density at radius 3 is 2.76 bits per heavy atom. The monoisotopic (exact) mass is 414 g/mol. The molecule has 3 aromatic rings. The van der Waals surface area contributed by atoms with Gasteiger partial charge in [0.05, 0.1) is 15.6 Å². The molecule has 0 aliphatic carbocycles. The number of nitrogens with one attached hydrogen (secondary N) is 1. The summed E-state index contributed by atoms with van der Waals surface area (Å²) in [6.45, 7) is 2.15. The summed E-state index contributed by atoms with van der Waals surface area (Å²) >= 11 is 4.06. The van der Waals surface area contributed by atoms with Crippen LogP contribution in [0, 0.1) is 6.92 Å². The summed E-state index contributed by atoms with van der Waals surface area (Å²) in [7, 11) is -3.83. The van der Waals surface area contributed by atoms with Gasteiger partial charge in [0.1, 0.15) is 9.77 Å². The summed E-state index contributed by atoms with van der Waals surface area (Å²) in [5.74, 6) is -1.24. The molecule has 6 nitrogen and oxygen atoms in total. The molecule has 0 unspecified atom stereocenters. The molecular formula is C15H14N2O4S4. The zero-order chi connectivity index (χ0) is 18.0. The van der Waals surface area contributed by atoms with Crippen LogP contribution in [0.25, 0.3) is 10.6 Å². The van der Waals surface area contributed by atoms with Crippen LogP contribution in [0.15, 0.2) is 33.9 Å². The fourth-order valence-electron chi connectivity index (χ4n) is 2.18. The second-order valence-corrected chi connectivity index (χ2v) is 9.97. The van der Waals surface area contributed by atoms with Gasteiger partial charge in [0.2, 0.25) is 10.0 Å². The first kappa shape index (κ1) is 18.2. The lowest BCUT2D eigenvalue weighted by atomic mass is 10.3. The van der Waals surface area contributed by atoms with Gasteiger partial charge in [0.25, 0.3) is 0 Å². The number of carboxylic acids is 1. The minimum Gasteiger partial charge on any atom is -0.477 e. The molecule has 10 heteroatoms. The first-order valence-corrected chi connectivity index (χ1v) is 11.2. The van der Waals surface area contributed by atoms with Crippen LogP contribution in [0.3, 0.4) is 0 Å². The molecule has 0 aliphatic heterocycles. The van der Waals surface area contributed by atoms with Gasteiger partial charge < -0.3 is 5.11 Å². The first-order valence-electron chi connectivity index (χ1n) is 7.18. The van der Waals surface area contributed by atoms with Crippen LogP contribution in [-0.4, -0.2) is 31.0 Å². The van der Waals surface area contributed by atoms with Gasteiger partial charge in [0, 0.05) is 16.8 Å². The van der Waals surface area contributed by atoms with Crippen molar-refractivity contribution in [1.29, 1.82) is 0 Å². The predicted molar refractivity (Wildman–Crippen MR) is 100 cm³/mol. The molecule has 3 rings (SSSR count). The van der Waals surface area contributed by atoms with Gasteiger partial charge in [-0.1, -0.05) is 0 Å². The number of aromatic nitrogens is 1. The fourth-order valence-corrected chi connectivity index (χ4v) is 6.12. The van der Waals surface area contributed by atoms with Gasteiger partial charge in [-0.05, 0) is 36.9 Å². The van der Waals surface area contributed by atoms with E-state index in [0.29, 0.717) is 6.42 Å². The smallest absolute Gasteiger partial charge is 0.347 e. The van der Waals surface area contributed by atoms with Gasteiger partial charge in [0.15, 0.2) is 0 Å². The van der Waals surface area contributed by atoms with Crippen LogP contribution in [0.1, 0.15) is 19.6 Å². The lowest BCUT2D eigenvalue weighted by molar-refractivity contribution is 0.0698. The van der Waals surface area contributed by atoms with Crippen molar-refractivity contribution in [2.24, 2.45) is 0 Å². The Morgan fingerprint density at radius 2 is 2.08 bits per heavy atom. The van der Waals surface area contributed by atoms with Crippen molar-refractivity contribution in [2.45, 2.75) is 18.2 Å². The maximum Gasteiger partial charge on any atom is 0.347 e. The SMILES string of the molecule is Cc1nc(-c2ccc(CCNS(=O)(=O)c3ccsc3C(=O)O)s2)cs1. The highest BCUT2D eigenvalue weighted by Crippen LogP contribution is 2.29. The second-order valence-electron chi connectivity index (χ2n) is 5.08. The van der Waals surface area contributed by atoms with Crippen molar-refractivity contribution >= 4 is 50.0 Å². The Kier molecular flexibility index (Phi) is 5.35. The Morgan fingerprint density at radius 1 is 1.28 bits per heavy atom. The highest BCUT2D eigenvalue weighted by molar-refractivity contribution is 7.89. The number of aromatic carboxylic acids is 1. The molecule has 3 heterocycles. The van der Waals surface area contributed by atoms with Crippen LogP contribution >= 0.6 is 34.0 Å². The van der Waals surface area contributed by atoms with Crippen LogP contribution in [0.2, 0.25) is 0 Å². The average Bonchev–Trinajstić information content (AvgIpc) is 3.26. The molecule has 0 saturated carbocycles. The maximum atomic E-state index is 12.3. The van der Waals surface area contributed by atoms with Gasteiger partial charge in [-0.2, -0.15) is 0 Å². The molecular weight excluding hydrogens is 400 g/mol. The Labute approximate surface area is 156 Å². The lowest BCUT2D eigenvalue weighted by Crippen LogP contribution is -2.26. The predicted octanol–water partition coefficient (Wildman–Crippen LogP) is 3.46. The summed E-state index contributed by atoms with van der Waals surface area (Å²) in [6.07, 6.45) is 0.527. The molecule has 0 atom stereocenters. The number of thiophene rings is 2. The first-order chi connectivity index (χ1) is 11.9. The summed E-state index contributed by atoms with van der Waals surface area (Å²) in [5.41, 5.74) is 0.934. The zero-order valence-corrected chi connectivity index (χ0v) is 16.3. The molecule has 0 aliphatic rings. The maximum absolute atomic E-state index is 12.3. The Hall–Kier alpha value is -1.59. The molecule has 2 N–H and O–H groups in total. The number of sulfonamides is 1. The Balaban J connectivity index is 1.64. The molecule has 0 spiro atoms. The van der Waals surface area contributed by atoms with Crippen molar-refractivity contribution < 1.29 is 18.3 Å². The van der Waals surface area contributed by atoms with E-state index in [1.807, 2.05) is 24.4 Å². The molecule has 132 valence electrons. The van der Waals surface area contributed by atoms with Gasteiger partial charge >= 0.3 is 5.97 Å². The van der Waals surface area contributed by atoms with Crippen LogP contribution in [0.5, 0.6) is 0 Å². The number of hydrogen-bond donors (Lipinski definition) is 2.